The highest BCUT2D eigenvalue weighted by atomic mass is 16.3. The molecular weight excluding hydrogens is 156 g/mol. The van der Waals surface area contributed by atoms with Gasteiger partial charge in [0.15, 0.2) is 5.72 Å². The van der Waals surface area contributed by atoms with Crippen molar-refractivity contribution in [1.82, 2.24) is 4.90 Å². The van der Waals surface area contributed by atoms with Crippen molar-refractivity contribution in [2.24, 2.45) is 5.92 Å². The molecule has 2 heterocycles. The third-order valence-electron chi connectivity index (χ3n) is 2.48. The van der Waals surface area contributed by atoms with E-state index in [4.69, 9.17) is 5.26 Å². The van der Waals surface area contributed by atoms with E-state index >= 15 is 0 Å². The van der Waals surface area contributed by atoms with E-state index < -0.39 is 11.6 Å². The Morgan fingerprint density at radius 3 is 3.25 bits per heavy atom. The fourth-order valence-electron chi connectivity index (χ4n) is 1.77. The normalized spacial score (nSPS) is 38.5. The Hall–Kier alpha value is -1.34. The van der Waals surface area contributed by atoms with Crippen LogP contribution in [0.4, 0.5) is 0 Å². The number of nitrogens with zero attached hydrogens (tertiary/aromatic N) is 2. The lowest BCUT2D eigenvalue weighted by atomic mass is 9.99. The van der Waals surface area contributed by atoms with Crippen molar-refractivity contribution in [1.29, 1.82) is 5.26 Å². The molecule has 2 aliphatic rings. The second-order valence-electron chi connectivity index (χ2n) is 3.08. The summed E-state index contributed by atoms with van der Waals surface area (Å²) in [6.45, 7) is 0.473. The molecular formula is C8H8N2O2. The number of amides is 1. The Balaban J connectivity index is 2.38. The molecule has 1 amide bonds. The first-order valence-electron chi connectivity index (χ1n) is 3.81. The minimum absolute atomic E-state index is 0.199. The molecule has 1 N–H and O–H groups in total. The lowest BCUT2D eigenvalue weighted by molar-refractivity contribution is -0.137. The quantitative estimate of drug-likeness (QED) is 0.530. The van der Waals surface area contributed by atoms with Crippen LogP contribution in [0.2, 0.25) is 0 Å². The zero-order valence-corrected chi connectivity index (χ0v) is 6.40. The fourth-order valence-corrected chi connectivity index (χ4v) is 1.77. The van der Waals surface area contributed by atoms with Gasteiger partial charge in [-0.3, -0.25) is 4.79 Å². The van der Waals surface area contributed by atoms with Gasteiger partial charge in [0.2, 0.25) is 5.91 Å². The molecule has 4 heteroatoms. The summed E-state index contributed by atoms with van der Waals surface area (Å²) in [5, 5.41) is 18.5. The summed E-state index contributed by atoms with van der Waals surface area (Å²) in [4.78, 5) is 12.4. The molecule has 0 bridgehead atoms. The molecule has 0 aromatic heterocycles. The summed E-state index contributed by atoms with van der Waals surface area (Å²) in [6, 6.07) is 2.00. The van der Waals surface area contributed by atoms with Crippen LogP contribution in [0.25, 0.3) is 0 Å². The molecule has 0 spiro atoms. The van der Waals surface area contributed by atoms with Gasteiger partial charge >= 0.3 is 0 Å². The van der Waals surface area contributed by atoms with Crippen LogP contribution in [-0.4, -0.2) is 28.2 Å². The molecule has 2 aliphatic heterocycles. The summed E-state index contributed by atoms with van der Waals surface area (Å²) in [5.41, 5.74) is -1.31. The molecule has 2 rings (SSSR count). The van der Waals surface area contributed by atoms with E-state index in [0.29, 0.717) is 13.0 Å². The van der Waals surface area contributed by atoms with Crippen LogP contribution in [0.5, 0.6) is 0 Å². The Morgan fingerprint density at radius 2 is 2.58 bits per heavy atom. The third kappa shape index (κ3) is 0.664. The number of fused-ring (bicyclic) bond motifs is 1. The summed E-state index contributed by atoms with van der Waals surface area (Å²) < 4.78 is 0. The summed E-state index contributed by atoms with van der Waals surface area (Å²) in [6.07, 6.45) is 3.29. The van der Waals surface area contributed by atoms with Gasteiger partial charge in [-0.15, -0.1) is 0 Å². The van der Waals surface area contributed by atoms with Gasteiger partial charge in [0.25, 0.3) is 0 Å². The van der Waals surface area contributed by atoms with Crippen LogP contribution in [0.1, 0.15) is 6.42 Å². The Kier molecular flexibility index (Phi) is 1.27. The lowest BCUT2D eigenvalue weighted by Gasteiger charge is -2.26. The average molecular weight is 164 g/mol. The van der Waals surface area contributed by atoms with Gasteiger partial charge in [0.1, 0.15) is 0 Å². The first kappa shape index (κ1) is 7.32. The monoisotopic (exact) mass is 164 g/mol. The minimum atomic E-state index is -1.31. The summed E-state index contributed by atoms with van der Waals surface area (Å²) in [5.74, 6) is -0.671. The topological polar surface area (TPSA) is 64.3 Å². The highest BCUT2D eigenvalue weighted by molar-refractivity contribution is 5.91. The Labute approximate surface area is 69.7 Å². The zero-order valence-electron chi connectivity index (χ0n) is 6.40. The van der Waals surface area contributed by atoms with E-state index in [0.717, 1.165) is 0 Å². The molecule has 1 saturated heterocycles. The van der Waals surface area contributed by atoms with Crippen molar-refractivity contribution in [3.8, 4) is 6.07 Å². The Bertz CT molecular complexity index is 305. The van der Waals surface area contributed by atoms with Gasteiger partial charge in [-0.2, -0.15) is 5.26 Å². The van der Waals surface area contributed by atoms with E-state index in [9.17, 15) is 9.90 Å². The van der Waals surface area contributed by atoms with Crippen molar-refractivity contribution in [3.05, 3.63) is 12.2 Å². The number of aliphatic hydroxyl groups is 1. The molecule has 1 fully saturated rings. The van der Waals surface area contributed by atoms with Crippen molar-refractivity contribution in [2.75, 3.05) is 6.54 Å². The van der Waals surface area contributed by atoms with E-state index in [-0.39, 0.29) is 5.91 Å². The van der Waals surface area contributed by atoms with E-state index in [2.05, 4.69) is 0 Å². The number of carbonyl (C=O) groups is 1. The molecule has 0 aliphatic carbocycles. The lowest BCUT2D eigenvalue weighted by Crippen LogP contribution is -2.44. The fraction of sp³-hybridized carbons (Fsp3) is 0.500. The predicted molar refractivity (Wildman–Crippen MR) is 39.5 cm³/mol. The van der Waals surface area contributed by atoms with Crippen LogP contribution in [0, 0.1) is 17.2 Å². The second-order valence-corrected chi connectivity index (χ2v) is 3.08. The van der Waals surface area contributed by atoms with Crippen LogP contribution >= 0.6 is 0 Å². The van der Waals surface area contributed by atoms with Gasteiger partial charge in [-0.05, 0) is 12.5 Å². The molecule has 0 aromatic rings. The minimum Gasteiger partial charge on any atom is -0.366 e. The maximum absolute atomic E-state index is 11.1. The van der Waals surface area contributed by atoms with Crippen LogP contribution in [-0.2, 0) is 4.79 Å². The SMILES string of the molecule is N#C[C@@H]1CCN2C(=O)C=C[C@]12O. The van der Waals surface area contributed by atoms with Gasteiger partial charge < -0.3 is 10.0 Å². The molecule has 62 valence electrons. The second kappa shape index (κ2) is 2.08. The van der Waals surface area contributed by atoms with Gasteiger partial charge in [-0.1, -0.05) is 0 Å². The maximum atomic E-state index is 11.1. The molecule has 0 aromatic carbocycles. The summed E-state index contributed by atoms with van der Waals surface area (Å²) >= 11 is 0. The molecule has 2 atom stereocenters. The largest absolute Gasteiger partial charge is 0.366 e. The molecule has 4 nitrogen and oxygen atoms in total. The van der Waals surface area contributed by atoms with E-state index in [1.54, 1.807) is 0 Å². The van der Waals surface area contributed by atoms with Crippen LogP contribution in [0.3, 0.4) is 0 Å². The highest BCUT2D eigenvalue weighted by Crippen LogP contribution is 2.37. The molecule has 0 unspecified atom stereocenters. The first-order valence-corrected chi connectivity index (χ1v) is 3.81. The van der Waals surface area contributed by atoms with Gasteiger partial charge in [0, 0.05) is 12.6 Å². The first-order chi connectivity index (χ1) is 5.68. The number of hydrogen-bond acceptors (Lipinski definition) is 3. The van der Waals surface area contributed by atoms with Crippen molar-refractivity contribution >= 4 is 5.91 Å². The smallest absolute Gasteiger partial charge is 0.248 e. The number of carbonyl (C=O) groups excluding carboxylic acids is 1. The van der Waals surface area contributed by atoms with Crippen molar-refractivity contribution < 1.29 is 9.90 Å². The van der Waals surface area contributed by atoms with Gasteiger partial charge in [0.05, 0.1) is 12.0 Å². The van der Waals surface area contributed by atoms with E-state index in [1.807, 2.05) is 6.07 Å². The Morgan fingerprint density at radius 1 is 1.83 bits per heavy atom. The van der Waals surface area contributed by atoms with Crippen LogP contribution in [0.15, 0.2) is 12.2 Å². The zero-order chi connectivity index (χ0) is 8.77. The van der Waals surface area contributed by atoms with Crippen molar-refractivity contribution in [3.63, 3.8) is 0 Å². The molecule has 0 radical (unpaired) electrons. The molecule has 12 heavy (non-hydrogen) atoms. The van der Waals surface area contributed by atoms with Crippen LogP contribution < -0.4 is 0 Å². The standard InChI is InChI=1S/C8H8N2O2/c9-5-6-2-4-10-7(11)1-3-8(6,10)12/h1,3,6,12H,2,4H2/t6-,8-/m0/s1. The molecule has 0 saturated carbocycles. The average Bonchev–Trinajstić information content (AvgIpc) is 2.50. The predicted octanol–water partition coefficient (Wildman–Crippen LogP) is -0.383. The number of rotatable bonds is 0. The third-order valence-corrected chi connectivity index (χ3v) is 2.48. The summed E-state index contributed by atoms with van der Waals surface area (Å²) in [7, 11) is 0. The highest BCUT2D eigenvalue weighted by Gasteiger charge is 2.50. The number of hydrogen-bond donors (Lipinski definition) is 1. The van der Waals surface area contributed by atoms with Crippen molar-refractivity contribution in [2.45, 2.75) is 12.1 Å². The van der Waals surface area contributed by atoms with E-state index in [1.165, 1.54) is 17.1 Å². The maximum Gasteiger partial charge on any atom is 0.248 e. The number of nitriles is 1. The van der Waals surface area contributed by atoms with Gasteiger partial charge in [-0.25, -0.2) is 0 Å².